The third-order valence-electron chi connectivity index (χ3n) is 4.50. The molecule has 2 N–H and O–H groups in total. The number of nitrogens with two attached hydrogens (primary N) is 1. The predicted octanol–water partition coefficient (Wildman–Crippen LogP) is 4.07. The minimum Gasteiger partial charge on any atom is -0.324 e. The second-order valence-electron chi connectivity index (χ2n) is 6.36. The molecular weight excluding hydrogens is 242 g/mol. The molecule has 1 atom stereocenters. The van der Waals surface area contributed by atoms with Gasteiger partial charge in [0.05, 0.1) is 0 Å². The van der Waals surface area contributed by atoms with Crippen LogP contribution in [0.5, 0.6) is 0 Å². The van der Waals surface area contributed by atoms with Gasteiger partial charge in [-0.05, 0) is 73.9 Å². The molecule has 0 fully saturated rings. The van der Waals surface area contributed by atoms with Crippen LogP contribution in [0.25, 0.3) is 0 Å². The summed E-state index contributed by atoms with van der Waals surface area (Å²) in [6, 6.07) is 9.30. The third kappa shape index (κ3) is 2.16. The van der Waals surface area contributed by atoms with Gasteiger partial charge in [-0.1, -0.05) is 35.4 Å². The lowest BCUT2D eigenvalue weighted by molar-refractivity contribution is 0.715. The molecule has 2 aromatic rings. The van der Waals surface area contributed by atoms with E-state index in [-0.39, 0.29) is 6.04 Å². The largest absolute Gasteiger partial charge is 0.324 e. The number of benzene rings is 2. The van der Waals surface area contributed by atoms with Crippen LogP contribution in [0.3, 0.4) is 0 Å². The van der Waals surface area contributed by atoms with E-state index in [0.717, 1.165) is 12.8 Å². The fraction of sp³-hybridized carbons (Fsp3) is 0.368. The van der Waals surface area contributed by atoms with Crippen molar-refractivity contribution in [2.45, 2.75) is 46.6 Å². The molecule has 1 nitrogen and oxygen atoms in total. The number of aryl methyl sites for hydroxylation is 4. The lowest BCUT2D eigenvalue weighted by Crippen LogP contribution is -2.15. The van der Waals surface area contributed by atoms with Crippen molar-refractivity contribution < 1.29 is 0 Å². The SMILES string of the molecule is Cc1cc(C)c2c(c1)Cc1cc(C)cc(C)c1C(N)C2. The van der Waals surface area contributed by atoms with Gasteiger partial charge in [-0.15, -0.1) is 0 Å². The lowest BCUT2D eigenvalue weighted by atomic mass is 9.92. The van der Waals surface area contributed by atoms with Gasteiger partial charge >= 0.3 is 0 Å². The van der Waals surface area contributed by atoms with Crippen molar-refractivity contribution in [1.29, 1.82) is 0 Å². The molecule has 1 aliphatic carbocycles. The summed E-state index contributed by atoms with van der Waals surface area (Å²) >= 11 is 0. The molecule has 0 aromatic heterocycles. The van der Waals surface area contributed by atoms with Gasteiger partial charge in [0.25, 0.3) is 0 Å². The van der Waals surface area contributed by atoms with Crippen molar-refractivity contribution in [1.82, 2.24) is 0 Å². The van der Waals surface area contributed by atoms with Crippen molar-refractivity contribution in [2.24, 2.45) is 5.73 Å². The summed E-state index contributed by atoms with van der Waals surface area (Å²) in [6.07, 6.45) is 1.97. The zero-order valence-electron chi connectivity index (χ0n) is 12.9. The molecule has 0 bridgehead atoms. The molecule has 0 aliphatic heterocycles. The van der Waals surface area contributed by atoms with E-state index < -0.39 is 0 Å². The zero-order valence-corrected chi connectivity index (χ0v) is 12.9. The van der Waals surface area contributed by atoms with E-state index in [4.69, 9.17) is 5.73 Å². The molecule has 1 unspecified atom stereocenters. The Bertz CT molecular complexity index is 683. The molecule has 0 saturated heterocycles. The van der Waals surface area contributed by atoms with Crippen molar-refractivity contribution in [3.05, 3.63) is 68.8 Å². The molecule has 0 heterocycles. The minimum atomic E-state index is 0.119. The molecule has 0 radical (unpaired) electrons. The van der Waals surface area contributed by atoms with Gasteiger partial charge < -0.3 is 5.73 Å². The van der Waals surface area contributed by atoms with E-state index in [1.54, 1.807) is 0 Å². The van der Waals surface area contributed by atoms with Crippen LogP contribution in [-0.4, -0.2) is 0 Å². The topological polar surface area (TPSA) is 26.0 Å². The maximum atomic E-state index is 6.52. The molecule has 0 saturated carbocycles. The van der Waals surface area contributed by atoms with Crippen molar-refractivity contribution in [2.75, 3.05) is 0 Å². The zero-order chi connectivity index (χ0) is 14.4. The van der Waals surface area contributed by atoms with Crippen molar-refractivity contribution >= 4 is 0 Å². The number of hydrogen-bond donors (Lipinski definition) is 1. The summed E-state index contributed by atoms with van der Waals surface area (Å²) in [5.41, 5.74) is 17.6. The van der Waals surface area contributed by atoms with Gasteiger partial charge in [-0.2, -0.15) is 0 Å². The molecule has 0 spiro atoms. The Morgan fingerprint density at radius 1 is 0.850 bits per heavy atom. The Kier molecular flexibility index (Phi) is 3.18. The second-order valence-corrected chi connectivity index (χ2v) is 6.36. The van der Waals surface area contributed by atoms with Crippen molar-refractivity contribution in [3.63, 3.8) is 0 Å². The first-order valence-corrected chi connectivity index (χ1v) is 7.40. The van der Waals surface area contributed by atoms with Crippen LogP contribution in [0.2, 0.25) is 0 Å². The fourth-order valence-corrected chi connectivity index (χ4v) is 3.81. The first kappa shape index (κ1) is 13.4. The standard InChI is InChI=1S/C19H23N/c1-11-5-13(3)17-10-18(20)19-14(4)6-12(2)8-16(19)9-15(17)7-11/h5-8,18H,9-10,20H2,1-4H3. The molecule has 0 amide bonds. The van der Waals surface area contributed by atoms with Crippen LogP contribution < -0.4 is 5.73 Å². The van der Waals surface area contributed by atoms with E-state index in [1.807, 2.05) is 0 Å². The summed E-state index contributed by atoms with van der Waals surface area (Å²) in [5, 5.41) is 0. The number of rotatable bonds is 0. The predicted molar refractivity (Wildman–Crippen MR) is 85.3 cm³/mol. The highest BCUT2D eigenvalue weighted by Crippen LogP contribution is 2.34. The Morgan fingerprint density at radius 2 is 1.45 bits per heavy atom. The molecule has 3 rings (SSSR count). The Hall–Kier alpha value is -1.60. The van der Waals surface area contributed by atoms with E-state index in [0.29, 0.717) is 0 Å². The average Bonchev–Trinajstić information content (AvgIpc) is 2.45. The van der Waals surface area contributed by atoms with Crippen LogP contribution in [0.1, 0.15) is 50.5 Å². The molecule has 20 heavy (non-hydrogen) atoms. The van der Waals surface area contributed by atoms with E-state index in [2.05, 4.69) is 52.0 Å². The Balaban J connectivity index is 2.22. The third-order valence-corrected chi connectivity index (χ3v) is 4.50. The normalized spacial score (nSPS) is 17.4. The highest BCUT2D eigenvalue weighted by atomic mass is 14.6. The second kappa shape index (κ2) is 4.75. The fourth-order valence-electron chi connectivity index (χ4n) is 3.81. The molecule has 1 aliphatic rings. The summed E-state index contributed by atoms with van der Waals surface area (Å²) < 4.78 is 0. The monoisotopic (exact) mass is 265 g/mol. The highest BCUT2D eigenvalue weighted by molar-refractivity contribution is 5.50. The van der Waals surface area contributed by atoms with Gasteiger partial charge in [0.15, 0.2) is 0 Å². The highest BCUT2D eigenvalue weighted by Gasteiger charge is 2.22. The number of hydrogen-bond acceptors (Lipinski definition) is 1. The first-order chi connectivity index (χ1) is 9.45. The first-order valence-electron chi connectivity index (χ1n) is 7.40. The average molecular weight is 265 g/mol. The molecular formula is C19H23N. The van der Waals surface area contributed by atoms with Crippen molar-refractivity contribution in [3.8, 4) is 0 Å². The lowest BCUT2D eigenvalue weighted by Gasteiger charge is -2.17. The quantitative estimate of drug-likeness (QED) is 0.763. The minimum absolute atomic E-state index is 0.119. The molecule has 2 aromatic carbocycles. The molecule has 1 heteroatoms. The van der Waals surface area contributed by atoms with E-state index in [9.17, 15) is 0 Å². The maximum absolute atomic E-state index is 6.52. The van der Waals surface area contributed by atoms with Gasteiger partial charge in [-0.25, -0.2) is 0 Å². The van der Waals surface area contributed by atoms with Crippen LogP contribution in [-0.2, 0) is 12.8 Å². The maximum Gasteiger partial charge on any atom is 0.0341 e. The van der Waals surface area contributed by atoms with Crippen LogP contribution >= 0.6 is 0 Å². The van der Waals surface area contributed by atoms with Gasteiger partial charge in [0.2, 0.25) is 0 Å². The van der Waals surface area contributed by atoms with E-state index >= 15 is 0 Å². The van der Waals surface area contributed by atoms with E-state index in [1.165, 1.54) is 44.5 Å². The summed E-state index contributed by atoms with van der Waals surface area (Å²) in [5.74, 6) is 0. The Labute approximate surface area is 121 Å². The smallest absolute Gasteiger partial charge is 0.0341 e. The van der Waals surface area contributed by atoms with Crippen LogP contribution in [0.4, 0.5) is 0 Å². The molecule has 104 valence electrons. The summed E-state index contributed by atoms with van der Waals surface area (Å²) in [7, 11) is 0. The van der Waals surface area contributed by atoms with Crippen LogP contribution in [0, 0.1) is 27.7 Å². The summed E-state index contributed by atoms with van der Waals surface area (Å²) in [6.45, 7) is 8.76. The van der Waals surface area contributed by atoms with Gasteiger partial charge in [0.1, 0.15) is 0 Å². The summed E-state index contributed by atoms with van der Waals surface area (Å²) in [4.78, 5) is 0. The van der Waals surface area contributed by atoms with Gasteiger partial charge in [0, 0.05) is 6.04 Å². The van der Waals surface area contributed by atoms with Gasteiger partial charge in [-0.3, -0.25) is 0 Å². The van der Waals surface area contributed by atoms with Crippen LogP contribution in [0.15, 0.2) is 24.3 Å². The number of fused-ring (bicyclic) bond motifs is 2. The Morgan fingerprint density at radius 3 is 2.15 bits per heavy atom.